The first-order valence-electron chi connectivity index (χ1n) is 7.14. The van der Waals surface area contributed by atoms with Crippen molar-refractivity contribution in [3.63, 3.8) is 0 Å². The number of amides is 1. The van der Waals surface area contributed by atoms with E-state index in [0.717, 1.165) is 32.1 Å². The summed E-state index contributed by atoms with van der Waals surface area (Å²) in [5.74, 6) is -0.668. The second-order valence-electron chi connectivity index (χ2n) is 5.35. The summed E-state index contributed by atoms with van der Waals surface area (Å²) in [6.07, 6.45) is 4.82. The Kier molecular flexibility index (Phi) is 5.19. The molecular weight excluding hydrogens is 276 g/mol. The summed E-state index contributed by atoms with van der Waals surface area (Å²) >= 11 is 0. The van der Waals surface area contributed by atoms with Gasteiger partial charge in [0.1, 0.15) is 11.8 Å². The average Bonchev–Trinajstić information content (AvgIpc) is 2.89. The predicted molar refractivity (Wildman–Crippen MR) is 72.9 cm³/mol. The van der Waals surface area contributed by atoms with E-state index in [1.165, 1.54) is 0 Å². The van der Waals surface area contributed by atoms with E-state index in [0.29, 0.717) is 5.76 Å². The van der Waals surface area contributed by atoms with Crippen molar-refractivity contribution in [1.29, 1.82) is 0 Å². The highest BCUT2D eigenvalue weighted by Crippen LogP contribution is 2.26. The number of nitrogens with zero attached hydrogens (tertiary/aromatic N) is 1. The molecule has 1 aromatic heterocycles. The second kappa shape index (κ2) is 7.10. The minimum absolute atomic E-state index is 0.00510. The van der Waals surface area contributed by atoms with Gasteiger partial charge in [-0.1, -0.05) is 19.3 Å². The number of aromatic nitrogens is 1. The first-order valence-corrected chi connectivity index (χ1v) is 7.14. The molecule has 1 aliphatic carbocycles. The van der Waals surface area contributed by atoms with Gasteiger partial charge in [-0.25, -0.2) is 4.79 Å². The topological polar surface area (TPSA) is 102 Å². The van der Waals surface area contributed by atoms with Crippen molar-refractivity contribution >= 4 is 11.9 Å². The van der Waals surface area contributed by atoms with Crippen LogP contribution in [0, 0.1) is 12.8 Å². The van der Waals surface area contributed by atoms with Crippen molar-refractivity contribution in [1.82, 2.24) is 10.5 Å². The molecule has 116 valence electrons. The molecule has 1 fully saturated rings. The maximum absolute atomic E-state index is 11.8. The number of nitrogens with one attached hydrogen (secondary N) is 1. The van der Waals surface area contributed by atoms with Crippen molar-refractivity contribution in [2.24, 2.45) is 5.92 Å². The van der Waals surface area contributed by atoms with Crippen LogP contribution in [0.1, 0.15) is 37.9 Å². The monoisotopic (exact) mass is 296 g/mol. The lowest BCUT2D eigenvalue weighted by atomic mass is 9.84. The largest absolute Gasteiger partial charge is 0.480 e. The van der Waals surface area contributed by atoms with E-state index < -0.39 is 17.9 Å². The molecule has 0 spiro atoms. The van der Waals surface area contributed by atoms with Crippen molar-refractivity contribution in [3.05, 3.63) is 11.8 Å². The van der Waals surface area contributed by atoms with Crippen LogP contribution in [0.4, 0.5) is 0 Å². The Bertz CT molecular complexity index is 493. The minimum atomic E-state index is -0.993. The van der Waals surface area contributed by atoms with Gasteiger partial charge in [0, 0.05) is 6.07 Å². The zero-order chi connectivity index (χ0) is 15.2. The Hall–Kier alpha value is -2.05. The van der Waals surface area contributed by atoms with Gasteiger partial charge >= 0.3 is 5.97 Å². The highest BCUT2D eigenvalue weighted by Gasteiger charge is 2.30. The number of hydrogen-bond donors (Lipinski definition) is 2. The van der Waals surface area contributed by atoms with E-state index in [4.69, 9.17) is 9.26 Å². The van der Waals surface area contributed by atoms with E-state index in [-0.39, 0.29) is 18.4 Å². The Morgan fingerprint density at radius 3 is 2.76 bits per heavy atom. The molecule has 1 unspecified atom stereocenters. The molecule has 7 nitrogen and oxygen atoms in total. The van der Waals surface area contributed by atoms with Crippen LogP contribution >= 0.6 is 0 Å². The Balaban J connectivity index is 1.84. The highest BCUT2D eigenvalue weighted by atomic mass is 16.5. The fourth-order valence-electron chi connectivity index (χ4n) is 2.61. The molecule has 0 aromatic carbocycles. The zero-order valence-corrected chi connectivity index (χ0v) is 12.0. The van der Waals surface area contributed by atoms with Crippen LogP contribution < -0.4 is 10.1 Å². The standard InChI is InChI=1S/C14H20N2O5/c1-9-7-12(16-21-9)20-8-11(17)15-13(14(18)19)10-5-3-2-4-6-10/h7,10,13H,2-6,8H2,1H3,(H,15,17)(H,18,19). The van der Waals surface area contributed by atoms with Gasteiger partial charge in [-0.15, -0.1) is 0 Å². The molecule has 2 rings (SSSR count). The SMILES string of the molecule is Cc1cc(OCC(=O)NC(C(=O)O)C2CCCCC2)no1. The number of carbonyl (C=O) groups is 2. The number of carbonyl (C=O) groups excluding carboxylic acids is 1. The van der Waals surface area contributed by atoms with E-state index in [1.807, 2.05) is 0 Å². The van der Waals surface area contributed by atoms with Gasteiger partial charge in [-0.05, 0) is 30.8 Å². The normalized spacial score (nSPS) is 17.2. The van der Waals surface area contributed by atoms with Gasteiger partial charge in [-0.2, -0.15) is 0 Å². The fourth-order valence-corrected chi connectivity index (χ4v) is 2.61. The van der Waals surface area contributed by atoms with Crippen molar-refractivity contribution < 1.29 is 24.0 Å². The summed E-state index contributed by atoms with van der Waals surface area (Å²) in [4.78, 5) is 23.2. The fraction of sp³-hybridized carbons (Fsp3) is 0.643. The molecule has 1 aliphatic rings. The van der Waals surface area contributed by atoms with Crippen LogP contribution in [0.15, 0.2) is 10.6 Å². The summed E-state index contributed by atoms with van der Waals surface area (Å²) in [5, 5.41) is 15.4. The molecule has 1 atom stereocenters. The third-order valence-corrected chi connectivity index (χ3v) is 3.66. The molecule has 0 bridgehead atoms. The number of hydrogen-bond acceptors (Lipinski definition) is 5. The quantitative estimate of drug-likeness (QED) is 0.825. The number of carboxylic acids is 1. The van der Waals surface area contributed by atoms with Gasteiger partial charge in [0.2, 0.25) is 0 Å². The maximum Gasteiger partial charge on any atom is 0.326 e. The van der Waals surface area contributed by atoms with Crippen LogP contribution in [-0.4, -0.2) is 34.8 Å². The summed E-state index contributed by atoms with van der Waals surface area (Å²) in [5.41, 5.74) is 0. The zero-order valence-electron chi connectivity index (χ0n) is 12.0. The molecule has 7 heteroatoms. The van der Waals surface area contributed by atoms with Crippen molar-refractivity contribution in [3.8, 4) is 5.88 Å². The number of aliphatic carboxylic acids is 1. The average molecular weight is 296 g/mol. The molecule has 0 saturated heterocycles. The highest BCUT2D eigenvalue weighted by molar-refractivity contribution is 5.84. The molecule has 1 aromatic rings. The molecular formula is C14H20N2O5. The van der Waals surface area contributed by atoms with E-state index in [1.54, 1.807) is 13.0 Å². The first kappa shape index (κ1) is 15.3. The van der Waals surface area contributed by atoms with Crippen LogP contribution in [-0.2, 0) is 9.59 Å². The lowest BCUT2D eigenvalue weighted by molar-refractivity contribution is -0.144. The second-order valence-corrected chi connectivity index (χ2v) is 5.35. The van der Waals surface area contributed by atoms with E-state index >= 15 is 0 Å². The van der Waals surface area contributed by atoms with Crippen LogP contribution in [0.3, 0.4) is 0 Å². The van der Waals surface area contributed by atoms with Gasteiger partial charge in [0.25, 0.3) is 11.8 Å². The molecule has 1 amide bonds. The first-order chi connectivity index (χ1) is 10.1. The third-order valence-electron chi connectivity index (χ3n) is 3.66. The minimum Gasteiger partial charge on any atom is -0.480 e. The number of aryl methyl sites for hydroxylation is 1. The van der Waals surface area contributed by atoms with Crippen LogP contribution in [0.25, 0.3) is 0 Å². The lowest BCUT2D eigenvalue weighted by Gasteiger charge is -2.27. The molecule has 0 radical (unpaired) electrons. The molecule has 21 heavy (non-hydrogen) atoms. The van der Waals surface area contributed by atoms with Crippen molar-refractivity contribution in [2.75, 3.05) is 6.61 Å². The van der Waals surface area contributed by atoms with Crippen molar-refractivity contribution in [2.45, 2.75) is 45.1 Å². The van der Waals surface area contributed by atoms with Crippen LogP contribution in [0.5, 0.6) is 5.88 Å². The summed E-state index contributed by atoms with van der Waals surface area (Å²) in [6.45, 7) is 1.44. The summed E-state index contributed by atoms with van der Waals surface area (Å²) < 4.78 is 9.96. The Labute approximate surface area is 122 Å². The van der Waals surface area contributed by atoms with Gasteiger partial charge in [0.15, 0.2) is 6.61 Å². The molecule has 0 aliphatic heterocycles. The third kappa shape index (κ3) is 4.47. The molecule has 1 saturated carbocycles. The maximum atomic E-state index is 11.8. The lowest BCUT2D eigenvalue weighted by Crippen LogP contribution is -2.48. The van der Waals surface area contributed by atoms with E-state index in [9.17, 15) is 14.7 Å². The Morgan fingerprint density at radius 2 is 2.19 bits per heavy atom. The predicted octanol–water partition coefficient (Wildman–Crippen LogP) is 1.51. The van der Waals surface area contributed by atoms with Gasteiger partial charge in [-0.3, -0.25) is 4.79 Å². The van der Waals surface area contributed by atoms with Gasteiger partial charge < -0.3 is 19.7 Å². The Morgan fingerprint density at radius 1 is 1.48 bits per heavy atom. The van der Waals surface area contributed by atoms with E-state index in [2.05, 4.69) is 10.5 Å². The summed E-state index contributed by atoms with van der Waals surface area (Å²) in [6, 6.07) is 0.712. The smallest absolute Gasteiger partial charge is 0.326 e. The number of ether oxygens (including phenoxy) is 1. The molecule has 2 N–H and O–H groups in total. The number of rotatable bonds is 6. The van der Waals surface area contributed by atoms with Crippen LogP contribution in [0.2, 0.25) is 0 Å². The summed E-state index contributed by atoms with van der Waals surface area (Å²) in [7, 11) is 0. The van der Waals surface area contributed by atoms with Gasteiger partial charge in [0.05, 0.1) is 0 Å². The number of carboxylic acid groups (broad SMARTS) is 1. The molecule has 1 heterocycles.